The molecule has 3 unspecified atom stereocenters. The molecular weight excluding hydrogens is 257 g/mol. The summed E-state index contributed by atoms with van der Waals surface area (Å²) in [6.07, 6.45) is 0.357. The van der Waals surface area contributed by atoms with Crippen LogP contribution >= 0.6 is 0 Å². The second kappa shape index (κ2) is 6.80. The fourth-order valence-corrected chi connectivity index (χ4v) is 2.08. The number of hydrogen-bond acceptors (Lipinski definition) is 2. The van der Waals surface area contributed by atoms with Crippen molar-refractivity contribution >= 4 is 0 Å². The Kier molecular flexibility index (Phi) is 5.66. The molecule has 2 nitrogen and oxygen atoms in total. The van der Waals surface area contributed by atoms with Gasteiger partial charge in [0.1, 0.15) is 5.76 Å². The van der Waals surface area contributed by atoms with Crippen molar-refractivity contribution in [1.82, 2.24) is 0 Å². The van der Waals surface area contributed by atoms with Gasteiger partial charge in [-0.15, -0.1) is 0 Å². The zero-order chi connectivity index (χ0) is 14.6. The van der Waals surface area contributed by atoms with E-state index >= 15 is 0 Å². The molecule has 108 valence electrons. The predicted molar refractivity (Wildman–Crippen MR) is 67.6 cm³/mol. The average Bonchev–Trinajstić information content (AvgIpc) is 2.31. The van der Waals surface area contributed by atoms with Gasteiger partial charge in [-0.25, -0.2) is 4.39 Å². The summed E-state index contributed by atoms with van der Waals surface area (Å²) in [5.41, 5.74) is 0.654. The Hall–Kier alpha value is -1.23. The second-order valence-corrected chi connectivity index (χ2v) is 4.48. The lowest BCUT2D eigenvalue weighted by atomic mass is 9.90. The van der Waals surface area contributed by atoms with E-state index in [9.17, 15) is 13.2 Å². The molecule has 1 aliphatic heterocycles. The monoisotopic (exact) mass is 276 g/mol. The van der Waals surface area contributed by atoms with Gasteiger partial charge >= 0.3 is 6.61 Å². The highest BCUT2D eigenvalue weighted by molar-refractivity contribution is 5.40. The molecule has 0 saturated carbocycles. The molecule has 0 spiro atoms. The normalized spacial score (nSPS) is 29.9. The lowest BCUT2D eigenvalue weighted by Gasteiger charge is -2.34. The van der Waals surface area contributed by atoms with Gasteiger partial charge in [-0.05, 0) is 30.6 Å². The van der Waals surface area contributed by atoms with E-state index in [1.54, 1.807) is 6.92 Å². The van der Waals surface area contributed by atoms with Crippen molar-refractivity contribution in [3.8, 4) is 0 Å². The van der Waals surface area contributed by atoms with Gasteiger partial charge in [-0.2, -0.15) is 8.78 Å². The molecule has 19 heavy (non-hydrogen) atoms. The van der Waals surface area contributed by atoms with E-state index in [0.717, 1.165) is 6.42 Å². The Bertz CT molecular complexity index is 377. The van der Waals surface area contributed by atoms with Crippen LogP contribution in [0, 0.1) is 0 Å². The summed E-state index contributed by atoms with van der Waals surface area (Å²) in [6, 6.07) is 0. The summed E-state index contributed by atoms with van der Waals surface area (Å²) in [7, 11) is 0. The maximum Gasteiger partial charge on any atom is 0.387 e. The first-order valence-electron chi connectivity index (χ1n) is 6.20. The highest BCUT2D eigenvalue weighted by Gasteiger charge is 2.35. The zero-order valence-electron chi connectivity index (χ0n) is 11.2. The van der Waals surface area contributed by atoms with Crippen LogP contribution in [0.15, 0.2) is 36.1 Å². The van der Waals surface area contributed by atoms with Gasteiger partial charge in [-0.1, -0.05) is 26.5 Å². The smallest absolute Gasteiger partial charge is 0.387 e. The van der Waals surface area contributed by atoms with Gasteiger partial charge in [0.15, 0.2) is 6.17 Å². The molecule has 0 aromatic heterocycles. The number of halogens is 3. The fraction of sp³-hybridized carbons (Fsp3) is 0.571. The molecule has 0 bridgehead atoms. The number of allylic oxidation sites excluding steroid dienone is 1. The van der Waals surface area contributed by atoms with Gasteiger partial charge < -0.3 is 9.47 Å². The SMILES string of the molecule is C=C(/C=C1\C(=C)C(F)C(CCC)OC1C)OC(F)F. The van der Waals surface area contributed by atoms with Crippen LogP contribution in [-0.2, 0) is 9.47 Å². The number of alkyl halides is 3. The Balaban J connectivity index is 2.83. The van der Waals surface area contributed by atoms with Crippen molar-refractivity contribution in [1.29, 1.82) is 0 Å². The van der Waals surface area contributed by atoms with Crippen molar-refractivity contribution in [2.24, 2.45) is 0 Å². The minimum absolute atomic E-state index is 0.234. The Morgan fingerprint density at radius 1 is 1.53 bits per heavy atom. The van der Waals surface area contributed by atoms with Crippen LogP contribution < -0.4 is 0 Å². The van der Waals surface area contributed by atoms with E-state index in [-0.39, 0.29) is 11.3 Å². The zero-order valence-corrected chi connectivity index (χ0v) is 11.2. The Morgan fingerprint density at radius 3 is 2.68 bits per heavy atom. The van der Waals surface area contributed by atoms with Crippen LogP contribution in [0.2, 0.25) is 0 Å². The number of hydrogen-bond donors (Lipinski definition) is 0. The van der Waals surface area contributed by atoms with Crippen molar-refractivity contribution in [2.45, 2.75) is 51.7 Å². The average molecular weight is 276 g/mol. The van der Waals surface area contributed by atoms with Crippen molar-refractivity contribution in [3.05, 3.63) is 36.1 Å². The molecule has 0 aliphatic carbocycles. The van der Waals surface area contributed by atoms with E-state index in [1.807, 2.05) is 6.92 Å². The summed E-state index contributed by atoms with van der Waals surface area (Å²) >= 11 is 0. The van der Waals surface area contributed by atoms with E-state index in [1.165, 1.54) is 6.08 Å². The molecule has 1 aliphatic rings. The third-order valence-electron chi connectivity index (χ3n) is 2.98. The van der Waals surface area contributed by atoms with E-state index in [4.69, 9.17) is 4.74 Å². The van der Waals surface area contributed by atoms with Gasteiger partial charge in [0, 0.05) is 0 Å². The summed E-state index contributed by atoms with van der Waals surface area (Å²) in [4.78, 5) is 0. The summed E-state index contributed by atoms with van der Waals surface area (Å²) in [5.74, 6) is -0.234. The first kappa shape index (κ1) is 15.8. The first-order chi connectivity index (χ1) is 8.86. The molecule has 1 heterocycles. The molecule has 3 atom stereocenters. The van der Waals surface area contributed by atoms with Crippen LogP contribution in [-0.4, -0.2) is 25.0 Å². The van der Waals surface area contributed by atoms with Crippen LogP contribution in [0.1, 0.15) is 26.7 Å². The summed E-state index contributed by atoms with van der Waals surface area (Å²) in [6.45, 7) is 7.73. The molecule has 5 heteroatoms. The lowest BCUT2D eigenvalue weighted by molar-refractivity contribution is -0.0920. The highest BCUT2D eigenvalue weighted by atomic mass is 19.3. The maximum atomic E-state index is 14.1. The van der Waals surface area contributed by atoms with E-state index < -0.39 is 25.0 Å². The van der Waals surface area contributed by atoms with Crippen LogP contribution in [0.4, 0.5) is 13.2 Å². The standard InChI is InChI=1S/C14H19F3O2/c1-5-6-12-13(15)9(3)11(10(4)19-12)7-8(2)18-14(16)17/h7,10,12-14H,2-3,5-6H2,1,4H3/b11-7+. The van der Waals surface area contributed by atoms with Gasteiger partial charge in [-0.3, -0.25) is 0 Å². The quantitative estimate of drug-likeness (QED) is 0.702. The predicted octanol–water partition coefficient (Wildman–Crippen LogP) is 4.15. The van der Waals surface area contributed by atoms with Crippen molar-refractivity contribution in [3.63, 3.8) is 0 Å². The van der Waals surface area contributed by atoms with Crippen molar-refractivity contribution in [2.75, 3.05) is 0 Å². The highest BCUT2D eigenvalue weighted by Crippen LogP contribution is 2.33. The third kappa shape index (κ3) is 4.13. The molecule has 0 N–H and O–H groups in total. The van der Waals surface area contributed by atoms with Crippen molar-refractivity contribution < 1.29 is 22.6 Å². The molecule has 0 aromatic carbocycles. The molecule has 0 amide bonds. The van der Waals surface area contributed by atoms with Crippen LogP contribution in [0.25, 0.3) is 0 Å². The molecular formula is C14H19F3O2. The van der Waals surface area contributed by atoms with E-state index in [0.29, 0.717) is 12.0 Å². The minimum atomic E-state index is -2.95. The second-order valence-electron chi connectivity index (χ2n) is 4.48. The fourth-order valence-electron chi connectivity index (χ4n) is 2.08. The molecule has 1 saturated heterocycles. The molecule has 1 fully saturated rings. The Labute approximate surface area is 111 Å². The largest absolute Gasteiger partial charge is 0.435 e. The molecule has 1 rings (SSSR count). The van der Waals surface area contributed by atoms with Gasteiger partial charge in [0.05, 0.1) is 12.2 Å². The minimum Gasteiger partial charge on any atom is -0.435 e. The summed E-state index contributed by atoms with van der Waals surface area (Å²) in [5, 5.41) is 0. The summed E-state index contributed by atoms with van der Waals surface area (Å²) < 4.78 is 47.8. The van der Waals surface area contributed by atoms with Gasteiger partial charge in [0.25, 0.3) is 0 Å². The molecule has 0 radical (unpaired) electrons. The third-order valence-corrected chi connectivity index (χ3v) is 2.98. The van der Waals surface area contributed by atoms with E-state index in [2.05, 4.69) is 17.9 Å². The Morgan fingerprint density at radius 2 is 2.16 bits per heavy atom. The maximum absolute atomic E-state index is 14.1. The molecule has 0 aromatic rings. The lowest BCUT2D eigenvalue weighted by Crippen LogP contribution is -2.38. The van der Waals surface area contributed by atoms with Gasteiger partial charge in [0.2, 0.25) is 0 Å². The first-order valence-corrected chi connectivity index (χ1v) is 6.20. The number of rotatable bonds is 5. The number of ether oxygens (including phenoxy) is 2. The van der Waals surface area contributed by atoms with Crippen LogP contribution in [0.3, 0.4) is 0 Å². The van der Waals surface area contributed by atoms with Crippen LogP contribution in [0.5, 0.6) is 0 Å². The topological polar surface area (TPSA) is 18.5 Å².